The highest BCUT2D eigenvalue weighted by molar-refractivity contribution is 7.87. The second-order valence-corrected chi connectivity index (χ2v) is 7.78. The molecule has 1 radical (unpaired) electrons. The predicted molar refractivity (Wildman–Crippen MR) is 95.8 cm³/mol. The molecule has 2 N–H and O–H groups in total. The molecule has 6 heteroatoms. The summed E-state index contributed by atoms with van der Waals surface area (Å²) < 4.78 is 22.5. The normalized spacial score (nSPS) is 11.6. The SMILES string of the molecule is CCCCCCCCCCCCCCCCN([C]=O)S(N)(=O)=O. The summed E-state index contributed by atoms with van der Waals surface area (Å²) in [6, 6.07) is 0. The third-order valence-corrected chi connectivity index (χ3v) is 5.00. The van der Waals surface area contributed by atoms with E-state index in [2.05, 4.69) is 6.92 Å². The molecule has 5 nitrogen and oxygen atoms in total. The van der Waals surface area contributed by atoms with Crippen LogP contribution in [0.4, 0.5) is 0 Å². The standard InChI is InChI=1S/C17H35N2O3S/c1-2-3-4-5-6-7-8-9-10-11-12-13-14-15-16-19(17-20)23(18,21)22/h2-16H2,1H3,(H2,18,21,22). The van der Waals surface area contributed by atoms with Crippen LogP contribution in [0, 0.1) is 0 Å². The maximum Gasteiger partial charge on any atom is 0.327 e. The van der Waals surface area contributed by atoms with E-state index < -0.39 is 10.2 Å². The Kier molecular flexibility index (Phi) is 14.5. The third kappa shape index (κ3) is 14.7. The molecule has 0 saturated heterocycles. The van der Waals surface area contributed by atoms with Crippen LogP contribution in [0.1, 0.15) is 96.8 Å². The number of nitrogens with zero attached hydrogens (tertiary/aromatic N) is 1. The summed E-state index contributed by atoms with van der Waals surface area (Å²) >= 11 is 0. The molecule has 0 unspecified atom stereocenters. The van der Waals surface area contributed by atoms with Gasteiger partial charge in [0.25, 0.3) is 0 Å². The van der Waals surface area contributed by atoms with Gasteiger partial charge in [0.1, 0.15) is 0 Å². The Hall–Kier alpha value is -0.620. The molecule has 0 rings (SSSR count). The van der Waals surface area contributed by atoms with Crippen molar-refractivity contribution in [2.24, 2.45) is 5.14 Å². The summed E-state index contributed by atoms with van der Waals surface area (Å²) in [6.45, 7) is 2.39. The van der Waals surface area contributed by atoms with Crippen LogP contribution < -0.4 is 5.14 Å². The van der Waals surface area contributed by atoms with Gasteiger partial charge in [-0.25, -0.2) is 9.44 Å². The summed E-state index contributed by atoms with van der Waals surface area (Å²) in [5.74, 6) is 0. The van der Waals surface area contributed by atoms with Gasteiger partial charge < -0.3 is 0 Å². The molecule has 0 atom stereocenters. The zero-order valence-electron chi connectivity index (χ0n) is 14.8. The summed E-state index contributed by atoms with van der Waals surface area (Å²) in [4.78, 5) is 10.5. The molecule has 0 aromatic carbocycles. The van der Waals surface area contributed by atoms with E-state index in [4.69, 9.17) is 5.14 Å². The van der Waals surface area contributed by atoms with E-state index in [-0.39, 0.29) is 6.54 Å². The third-order valence-electron chi connectivity index (χ3n) is 4.12. The second kappa shape index (κ2) is 14.9. The van der Waals surface area contributed by atoms with Crippen molar-refractivity contribution < 1.29 is 13.2 Å². The molecule has 0 aliphatic rings. The number of nitrogens with two attached hydrogens (primary N) is 1. The molecule has 0 spiro atoms. The number of unbranched alkanes of at least 4 members (excludes halogenated alkanes) is 13. The van der Waals surface area contributed by atoms with Crippen molar-refractivity contribution in [1.29, 1.82) is 0 Å². The van der Waals surface area contributed by atoms with Gasteiger partial charge >= 0.3 is 16.6 Å². The highest BCUT2D eigenvalue weighted by atomic mass is 32.2. The maximum absolute atomic E-state index is 11.0. The lowest BCUT2D eigenvalue weighted by atomic mass is 10.0. The van der Waals surface area contributed by atoms with Crippen molar-refractivity contribution in [1.82, 2.24) is 4.31 Å². The van der Waals surface area contributed by atoms with Crippen molar-refractivity contribution in [2.45, 2.75) is 96.8 Å². The lowest BCUT2D eigenvalue weighted by Gasteiger charge is -2.12. The Morgan fingerprint density at radius 1 is 0.739 bits per heavy atom. The fraction of sp³-hybridized carbons (Fsp3) is 0.941. The number of carbonyl (C=O) groups excluding carboxylic acids is 1. The number of hydrogen-bond acceptors (Lipinski definition) is 3. The molecule has 0 aliphatic heterocycles. The first-order chi connectivity index (χ1) is 11.0. The molecule has 0 aromatic heterocycles. The highest BCUT2D eigenvalue weighted by Gasteiger charge is 2.14. The van der Waals surface area contributed by atoms with Gasteiger partial charge in [-0.1, -0.05) is 90.4 Å². The summed E-state index contributed by atoms with van der Waals surface area (Å²) in [5.41, 5.74) is 0. The summed E-state index contributed by atoms with van der Waals surface area (Å²) in [5, 5.41) is 4.88. The molecular formula is C17H35N2O3S. The van der Waals surface area contributed by atoms with Crippen molar-refractivity contribution >= 4 is 16.6 Å². The number of rotatable bonds is 17. The van der Waals surface area contributed by atoms with Gasteiger partial charge in [-0.15, -0.1) is 0 Å². The molecule has 0 aromatic rings. The summed E-state index contributed by atoms with van der Waals surface area (Å²) in [6.07, 6.45) is 18.6. The maximum atomic E-state index is 11.0. The molecule has 0 heterocycles. The average molecular weight is 348 g/mol. The van der Waals surface area contributed by atoms with Crippen LogP contribution in [-0.2, 0) is 15.0 Å². The minimum absolute atomic E-state index is 0.139. The molecule has 0 saturated carbocycles. The topological polar surface area (TPSA) is 80.5 Å². The average Bonchev–Trinajstić information content (AvgIpc) is 2.50. The van der Waals surface area contributed by atoms with Crippen LogP contribution in [0.25, 0.3) is 0 Å². The van der Waals surface area contributed by atoms with Crippen molar-refractivity contribution in [3.63, 3.8) is 0 Å². The van der Waals surface area contributed by atoms with Gasteiger partial charge in [0.2, 0.25) is 0 Å². The van der Waals surface area contributed by atoms with Crippen LogP contribution in [0.3, 0.4) is 0 Å². The van der Waals surface area contributed by atoms with E-state index in [1.807, 2.05) is 0 Å². The smallest absolute Gasteiger partial charge is 0.262 e. The van der Waals surface area contributed by atoms with E-state index >= 15 is 0 Å². The van der Waals surface area contributed by atoms with Gasteiger partial charge in [0.15, 0.2) is 0 Å². The molecule has 137 valence electrons. The van der Waals surface area contributed by atoms with Crippen LogP contribution in [-0.4, -0.2) is 25.7 Å². The van der Waals surface area contributed by atoms with Gasteiger partial charge in [0.05, 0.1) is 0 Å². The second-order valence-electron chi connectivity index (χ2n) is 6.30. The largest absolute Gasteiger partial charge is 0.327 e. The minimum atomic E-state index is -3.92. The zero-order chi connectivity index (χ0) is 17.4. The van der Waals surface area contributed by atoms with Crippen LogP contribution in [0.15, 0.2) is 0 Å². The fourth-order valence-corrected chi connectivity index (χ4v) is 3.16. The highest BCUT2D eigenvalue weighted by Crippen LogP contribution is 2.13. The predicted octanol–water partition coefficient (Wildman–Crippen LogP) is 4.04. The van der Waals surface area contributed by atoms with E-state index in [0.29, 0.717) is 10.7 Å². The minimum Gasteiger partial charge on any atom is -0.262 e. The molecule has 23 heavy (non-hydrogen) atoms. The van der Waals surface area contributed by atoms with Crippen molar-refractivity contribution in [3.05, 3.63) is 0 Å². The number of amides is 1. The molecule has 0 fully saturated rings. The van der Waals surface area contributed by atoms with E-state index in [1.54, 1.807) is 0 Å². The van der Waals surface area contributed by atoms with Gasteiger partial charge in [-0.3, -0.25) is 4.79 Å². The molecular weight excluding hydrogens is 312 g/mol. The Balaban J connectivity index is 3.26. The lowest BCUT2D eigenvalue weighted by Crippen LogP contribution is -2.36. The van der Waals surface area contributed by atoms with Crippen molar-refractivity contribution in [2.75, 3.05) is 6.54 Å². The quantitative estimate of drug-likeness (QED) is 0.318. The Morgan fingerprint density at radius 2 is 1.09 bits per heavy atom. The molecule has 1 amide bonds. The Labute approximate surface area is 143 Å². The van der Waals surface area contributed by atoms with Gasteiger partial charge in [-0.2, -0.15) is 8.42 Å². The van der Waals surface area contributed by atoms with Crippen molar-refractivity contribution in [3.8, 4) is 0 Å². The zero-order valence-corrected chi connectivity index (χ0v) is 15.6. The monoisotopic (exact) mass is 347 g/mol. The van der Waals surface area contributed by atoms with Gasteiger partial charge in [-0.05, 0) is 6.42 Å². The van der Waals surface area contributed by atoms with Crippen LogP contribution >= 0.6 is 0 Å². The van der Waals surface area contributed by atoms with E-state index in [1.165, 1.54) is 77.0 Å². The lowest BCUT2D eigenvalue weighted by molar-refractivity contribution is 0.455. The molecule has 0 bridgehead atoms. The molecule has 0 aliphatic carbocycles. The van der Waals surface area contributed by atoms with Crippen LogP contribution in [0.2, 0.25) is 0 Å². The first-order valence-electron chi connectivity index (χ1n) is 9.20. The summed E-state index contributed by atoms with van der Waals surface area (Å²) in [7, 11) is -3.92. The van der Waals surface area contributed by atoms with E-state index in [0.717, 1.165) is 12.8 Å². The van der Waals surface area contributed by atoms with Gasteiger partial charge in [0, 0.05) is 6.54 Å². The van der Waals surface area contributed by atoms with Crippen LogP contribution in [0.5, 0.6) is 0 Å². The fourth-order valence-electron chi connectivity index (χ4n) is 2.67. The Morgan fingerprint density at radius 3 is 1.39 bits per heavy atom. The number of hydrogen-bond donors (Lipinski definition) is 1. The Bertz CT molecular complexity index is 372. The first kappa shape index (κ1) is 22.4. The van der Waals surface area contributed by atoms with E-state index in [9.17, 15) is 13.2 Å². The first-order valence-corrected chi connectivity index (χ1v) is 10.7.